The van der Waals surface area contributed by atoms with Crippen LogP contribution in [0.25, 0.3) is 5.69 Å². The molecule has 0 N–H and O–H groups in total. The molecule has 0 atom stereocenters. The van der Waals surface area contributed by atoms with Gasteiger partial charge in [0.15, 0.2) is 0 Å². The minimum absolute atomic E-state index is 0.0108. The van der Waals surface area contributed by atoms with Gasteiger partial charge in [-0.15, -0.1) is 0 Å². The fourth-order valence-electron chi connectivity index (χ4n) is 5.85. The molecule has 2 amide bonds. The first kappa shape index (κ1) is 28.6. The number of hydrogen-bond donors (Lipinski definition) is 0. The molecule has 0 saturated carbocycles. The normalized spacial score (nSPS) is 16.7. The number of amides is 2. The largest absolute Gasteiger partial charge is 0.444 e. The van der Waals surface area contributed by atoms with Gasteiger partial charge in [-0.1, -0.05) is 17.7 Å². The van der Waals surface area contributed by atoms with Crippen molar-refractivity contribution in [2.24, 2.45) is 0 Å². The maximum absolute atomic E-state index is 14.0. The van der Waals surface area contributed by atoms with Gasteiger partial charge in [-0.05, 0) is 83.4 Å². The number of piperidine rings is 1. The maximum Gasteiger partial charge on any atom is 0.410 e. The summed E-state index contributed by atoms with van der Waals surface area (Å²) in [5, 5.41) is 4.62. The fourth-order valence-corrected chi connectivity index (χ4v) is 5.85. The lowest BCUT2D eigenvalue weighted by molar-refractivity contribution is 0.0203. The number of halogens is 1. The average molecular weight is 562 g/mol. The first-order valence-electron chi connectivity index (χ1n) is 14.4. The summed E-state index contributed by atoms with van der Waals surface area (Å²) in [4.78, 5) is 32.6. The molecule has 0 radical (unpaired) electrons. The van der Waals surface area contributed by atoms with Crippen molar-refractivity contribution < 1.29 is 18.7 Å². The van der Waals surface area contributed by atoms with Gasteiger partial charge in [0, 0.05) is 50.9 Å². The molecule has 1 aromatic heterocycles. The van der Waals surface area contributed by atoms with Crippen molar-refractivity contribution in [3.8, 4) is 5.69 Å². The number of carbonyl (C=O) groups is 2. The van der Waals surface area contributed by atoms with E-state index >= 15 is 0 Å². The molecule has 9 heteroatoms. The van der Waals surface area contributed by atoms with E-state index in [1.54, 1.807) is 27.9 Å². The van der Waals surface area contributed by atoms with E-state index in [0.29, 0.717) is 50.3 Å². The number of carbonyl (C=O) groups excluding carboxylic acids is 2. The number of aromatic nitrogens is 2. The highest BCUT2D eigenvalue weighted by Crippen LogP contribution is 2.34. The molecular formula is C32H40FN5O3. The summed E-state index contributed by atoms with van der Waals surface area (Å²) >= 11 is 0. The average Bonchev–Trinajstić information content (AvgIpc) is 3.37. The lowest BCUT2D eigenvalue weighted by Crippen LogP contribution is -2.49. The fraction of sp³-hybridized carbons (Fsp3) is 0.469. The second-order valence-corrected chi connectivity index (χ2v) is 12.1. The molecular weight excluding hydrogens is 521 g/mol. The Morgan fingerprint density at radius 3 is 2.17 bits per heavy atom. The summed E-state index contributed by atoms with van der Waals surface area (Å²) in [5.74, 6) is -0.356. The monoisotopic (exact) mass is 561 g/mol. The maximum atomic E-state index is 14.0. The Kier molecular flexibility index (Phi) is 8.07. The quantitative estimate of drug-likeness (QED) is 0.408. The highest BCUT2D eigenvalue weighted by atomic mass is 19.1. The third-order valence-corrected chi connectivity index (χ3v) is 7.90. The number of nitrogens with zero attached hydrogens (tertiary/aromatic N) is 5. The molecule has 5 rings (SSSR count). The number of anilines is 1. The lowest BCUT2D eigenvalue weighted by Gasteiger charge is -2.37. The summed E-state index contributed by atoms with van der Waals surface area (Å²) in [6.07, 6.45) is 2.68. The van der Waals surface area contributed by atoms with Gasteiger partial charge in [-0.2, -0.15) is 5.10 Å². The molecule has 2 saturated heterocycles. The van der Waals surface area contributed by atoms with Crippen LogP contribution >= 0.6 is 0 Å². The molecule has 3 heterocycles. The summed E-state index contributed by atoms with van der Waals surface area (Å²) in [5.41, 5.74) is 5.23. The van der Waals surface area contributed by atoms with Crippen LogP contribution in [0.2, 0.25) is 0 Å². The molecule has 8 nitrogen and oxygen atoms in total. The molecule has 0 unspecified atom stereocenters. The van der Waals surface area contributed by atoms with Gasteiger partial charge in [0.1, 0.15) is 11.4 Å². The van der Waals surface area contributed by atoms with Gasteiger partial charge in [0.2, 0.25) is 0 Å². The second kappa shape index (κ2) is 11.5. The van der Waals surface area contributed by atoms with Crippen molar-refractivity contribution in [3.63, 3.8) is 0 Å². The van der Waals surface area contributed by atoms with Crippen LogP contribution in [-0.2, 0) is 4.74 Å². The Morgan fingerprint density at radius 2 is 1.56 bits per heavy atom. The van der Waals surface area contributed by atoms with Gasteiger partial charge in [0.05, 0.1) is 23.1 Å². The number of ether oxygens (including phenoxy) is 1. The van der Waals surface area contributed by atoms with E-state index in [1.165, 1.54) is 28.9 Å². The minimum Gasteiger partial charge on any atom is -0.444 e. The van der Waals surface area contributed by atoms with Crippen molar-refractivity contribution in [1.29, 1.82) is 0 Å². The highest BCUT2D eigenvalue weighted by molar-refractivity contribution is 5.95. The van der Waals surface area contributed by atoms with E-state index in [2.05, 4.69) is 42.0 Å². The SMILES string of the molecule is Cc1ccc(N2CCN(C(=O)c3cnn(-c4ccc(F)cc4)c3C3CCN(C(=O)OC(C)(C)C)CC3)CC2)c(C)c1. The number of benzene rings is 2. The Hall–Kier alpha value is -3.88. The standard InChI is InChI=1S/C32H40FN5O3/c1-22-6-11-28(23(2)20-22)35-16-18-36(19-17-35)30(39)27-21-34-38(26-9-7-25(33)8-10-26)29(27)24-12-14-37(15-13-24)31(40)41-32(3,4)5/h6-11,20-21,24H,12-19H2,1-5H3. The van der Waals surface area contributed by atoms with Crippen molar-refractivity contribution in [2.75, 3.05) is 44.2 Å². The van der Waals surface area contributed by atoms with E-state index in [0.717, 1.165) is 18.8 Å². The molecule has 0 bridgehead atoms. The Bertz CT molecular complexity index is 1400. The van der Waals surface area contributed by atoms with Crippen LogP contribution in [0.5, 0.6) is 0 Å². The zero-order valence-electron chi connectivity index (χ0n) is 24.7. The van der Waals surface area contributed by atoms with E-state index in [4.69, 9.17) is 4.74 Å². The van der Waals surface area contributed by atoms with Gasteiger partial charge in [0.25, 0.3) is 5.91 Å². The van der Waals surface area contributed by atoms with E-state index in [-0.39, 0.29) is 23.7 Å². The molecule has 2 aliphatic rings. The van der Waals surface area contributed by atoms with E-state index in [9.17, 15) is 14.0 Å². The first-order valence-corrected chi connectivity index (χ1v) is 14.4. The van der Waals surface area contributed by atoms with E-state index < -0.39 is 5.60 Å². The van der Waals surface area contributed by atoms with Crippen LogP contribution in [0.1, 0.15) is 66.7 Å². The zero-order chi connectivity index (χ0) is 29.3. The molecule has 218 valence electrons. The molecule has 3 aromatic rings. The molecule has 2 fully saturated rings. The van der Waals surface area contributed by atoms with Gasteiger partial charge in [-0.25, -0.2) is 13.9 Å². The molecule has 2 aliphatic heterocycles. The predicted octanol–water partition coefficient (Wildman–Crippen LogP) is 5.71. The number of hydrogen-bond acceptors (Lipinski definition) is 5. The Morgan fingerprint density at radius 1 is 0.902 bits per heavy atom. The summed E-state index contributed by atoms with van der Waals surface area (Å²) in [7, 11) is 0. The van der Waals surface area contributed by atoms with Crippen molar-refractivity contribution >= 4 is 17.7 Å². The molecule has 0 aliphatic carbocycles. The second-order valence-electron chi connectivity index (χ2n) is 12.1. The van der Waals surface area contributed by atoms with Gasteiger partial charge >= 0.3 is 6.09 Å². The zero-order valence-corrected chi connectivity index (χ0v) is 24.7. The third-order valence-electron chi connectivity index (χ3n) is 7.90. The van der Waals surface area contributed by atoms with Crippen LogP contribution < -0.4 is 4.90 Å². The van der Waals surface area contributed by atoms with E-state index in [1.807, 2.05) is 25.7 Å². The number of likely N-dealkylation sites (tertiary alicyclic amines) is 1. The molecule has 41 heavy (non-hydrogen) atoms. The van der Waals surface area contributed by atoms with Crippen LogP contribution in [0.15, 0.2) is 48.7 Å². The Labute approximate surface area is 241 Å². The number of aryl methyl sites for hydroxylation is 2. The summed E-state index contributed by atoms with van der Waals surface area (Å²) in [6, 6.07) is 12.6. The summed E-state index contributed by atoms with van der Waals surface area (Å²) < 4.78 is 21.1. The molecule has 2 aromatic carbocycles. The Balaban J connectivity index is 1.36. The topological polar surface area (TPSA) is 70.9 Å². The predicted molar refractivity (Wildman–Crippen MR) is 157 cm³/mol. The molecule has 0 spiro atoms. The highest BCUT2D eigenvalue weighted by Gasteiger charge is 2.34. The van der Waals surface area contributed by atoms with Gasteiger partial charge < -0.3 is 19.4 Å². The third kappa shape index (κ3) is 6.39. The van der Waals surface area contributed by atoms with Crippen molar-refractivity contribution in [1.82, 2.24) is 19.6 Å². The van der Waals surface area contributed by atoms with Crippen LogP contribution in [-0.4, -0.2) is 76.5 Å². The van der Waals surface area contributed by atoms with Crippen LogP contribution in [0, 0.1) is 19.7 Å². The van der Waals surface area contributed by atoms with Crippen LogP contribution in [0.3, 0.4) is 0 Å². The first-order chi connectivity index (χ1) is 19.5. The van der Waals surface area contributed by atoms with Crippen molar-refractivity contribution in [3.05, 3.63) is 76.9 Å². The van der Waals surface area contributed by atoms with Crippen molar-refractivity contribution in [2.45, 2.75) is 59.0 Å². The number of rotatable bonds is 4. The smallest absolute Gasteiger partial charge is 0.410 e. The minimum atomic E-state index is -0.559. The van der Waals surface area contributed by atoms with Crippen LogP contribution in [0.4, 0.5) is 14.9 Å². The lowest BCUT2D eigenvalue weighted by atomic mass is 9.90. The van der Waals surface area contributed by atoms with Gasteiger partial charge in [-0.3, -0.25) is 4.79 Å². The number of piperazine rings is 1. The summed E-state index contributed by atoms with van der Waals surface area (Å²) in [6.45, 7) is 13.6.